The van der Waals surface area contributed by atoms with Crippen molar-refractivity contribution in [2.24, 2.45) is 0 Å². The van der Waals surface area contributed by atoms with Gasteiger partial charge in [0.2, 0.25) is 0 Å². The summed E-state index contributed by atoms with van der Waals surface area (Å²) in [5.41, 5.74) is 0. The summed E-state index contributed by atoms with van der Waals surface area (Å²) in [6, 6.07) is 0. The number of hydrogen-bond donors (Lipinski definition) is 0. The summed E-state index contributed by atoms with van der Waals surface area (Å²) < 4.78 is 0. The Balaban J connectivity index is 2.09. The van der Waals surface area contributed by atoms with E-state index in [0.717, 1.165) is 0 Å². The predicted molar refractivity (Wildman–Crippen MR) is 42.0 cm³/mol. The molecule has 0 aromatic rings. The number of hydrogen-bond acceptors (Lipinski definition) is 1. The molecular weight excluding hydrogens is 121 g/mol. The fourth-order valence-corrected chi connectivity index (χ4v) is 2.27. The topological polar surface area (TPSA) is 23.8 Å². The van der Waals surface area contributed by atoms with Crippen LogP contribution in [0.5, 0.6) is 0 Å². The summed E-state index contributed by atoms with van der Waals surface area (Å²) in [4.78, 5) is 0. The van der Waals surface area contributed by atoms with E-state index in [1.807, 2.05) is 0 Å². The van der Waals surface area contributed by atoms with Gasteiger partial charge < -0.3 is 0 Å². The molecule has 2 aliphatic rings. The van der Waals surface area contributed by atoms with Gasteiger partial charge in [-0.15, -0.1) is 0 Å². The smallest absolute Gasteiger partial charge is 0.213 e. The normalized spacial score (nSPS) is 28.1. The quantitative estimate of drug-likeness (QED) is 0.465. The Bertz CT molecular complexity index is 178. The Morgan fingerprint density at radius 1 is 1.20 bits per heavy atom. The number of nitriles is 1. The molecule has 1 aliphatic carbocycles. The summed E-state index contributed by atoms with van der Waals surface area (Å²) in [5.74, 6) is 2.46. The minimum absolute atomic E-state index is 0.418. The third kappa shape index (κ3) is 0.768. The molecule has 1 saturated carbocycles. The minimum atomic E-state index is 0.418. The van der Waals surface area contributed by atoms with Crippen LogP contribution in [0.4, 0.5) is 0 Å². The van der Waals surface area contributed by atoms with Crippen LogP contribution < -0.4 is 0 Å². The van der Waals surface area contributed by atoms with Gasteiger partial charge in [0.1, 0.15) is 0 Å². The lowest BCUT2D eigenvalue weighted by atomic mass is 9.34. The largest absolute Gasteiger partial charge is 0.274 e. The van der Waals surface area contributed by atoms with Gasteiger partial charge in [-0.05, 0) is 5.31 Å². The lowest BCUT2D eigenvalue weighted by Gasteiger charge is -2.22. The van der Waals surface area contributed by atoms with Crippen LogP contribution in [0.2, 0.25) is 11.6 Å². The van der Waals surface area contributed by atoms with E-state index in [2.05, 4.69) is 5.97 Å². The van der Waals surface area contributed by atoms with Gasteiger partial charge in [-0.2, -0.15) is 0 Å². The maximum atomic E-state index is 8.82. The first-order chi connectivity index (χ1) is 4.87. The molecule has 0 aromatic carbocycles. The lowest BCUT2D eigenvalue weighted by Crippen LogP contribution is -2.23. The van der Waals surface area contributed by atoms with Gasteiger partial charge in [0.15, 0.2) is 0 Å². The van der Waals surface area contributed by atoms with Crippen LogP contribution in [0.1, 0.15) is 32.1 Å². The highest BCUT2D eigenvalue weighted by molar-refractivity contribution is 6.71. The van der Waals surface area contributed by atoms with Crippen molar-refractivity contribution in [2.45, 2.75) is 43.7 Å². The van der Waals surface area contributed by atoms with Crippen molar-refractivity contribution in [3.63, 3.8) is 0 Å². The van der Waals surface area contributed by atoms with E-state index in [1.165, 1.54) is 38.4 Å². The van der Waals surface area contributed by atoms with Crippen LogP contribution in [0.3, 0.4) is 0 Å². The van der Waals surface area contributed by atoms with Crippen LogP contribution in [-0.4, -0.2) is 6.71 Å². The molecule has 1 saturated heterocycles. The van der Waals surface area contributed by atoms with Gasteiger partial charge in [-0.25, -0.2) is 5.26 Å². The summed E-state index contributed by atoms with van der Waals surface area (Å²) in [7, 11) is 0. The molecule has 2 fully saturated rings. The number of rotatable bonds is 0. The SMILES string of the molecule is N#CB1CCCCC12CC2. The van der Waals surface area contributed by atoms with E-state index in [-0.39, 0.29) is 0 Å². The van der Waals surface area contributed by atoms with Crippen LogP contribution in [0, 0.1) is 11.2 Å². The molecule has 0 atom stereocenters. The highest BCUT2D eigenvalue weighted by Crippen LogP contribution is 2.62. The van der Waals surface area contributed by atoms with E-state index in [4.69, 9.17) is 5.26 Å². The zero-order valence-electron chi connectivity index (χ0n) is 6.27. The van der Waals surface area contributed by atoms with Crippen molar-refractivity contribution in [1.82, 2.24) is 0 Å². The van der Waals surface area contributed by atoms with E-state index in [0.29, 0.717) is 12.0 Å². The molecule has 0 unspecified atom stereocenters. The molecule has 1 heterocycles. The average molecular weight is 133 g/mol. The van der Waals surface area contributed by atoms with Crippen LogP contribution >= 0.6 is 0 Å². The number of nitrogens with zero attached hydrogens (tertiary/aromatic N) is 1. The molecule has 0 amide bonds. The molecule has 10 heavy (non-hydrogen) atoms. The maximum Gasteiger partial charge on any atom is 0.274 e. The molecule has 1 spiro atoms. The second kappa shape index (κ2) is 2.02. The second-order valence-electron chi connectivity index (χ2n) is 3.79. The Hall–Kier alpha value is -0.445. The molecule has 2 heteroatoms. The van der Waals surface area contributed by atoms with E-state index in [1.54, 1.807) is 0 Å². The first-order valence-corrected chi connectivity index (χ1v) is 4.27. The Morgan fingerprint density at radius 2 is 2.00 bits per heavy atom. The molecule has 0 aromatic heterocycles. The van der Waals surface area contributed by atoms with Gasteiger partial charge >= 0.3 is 0 Å². The molecule has 0 radical (unpaired) electrons. The summed E-state index contributed by atoms with van der Waals surface area (Å²) in [5, 5.41) is 9.35. The fraction of sp³-hybridized carbons (Fsp3) is 0.875. The van der Waals surface area contributed by atoms with Crippen molar-refractivity contribution in [2.75, 3.05) is 0 Å². The zero-order valence-corrected chi connectivity index (χ0v) is 6.27. The minimum Gasteiger partial charge on any atom is -0.213 e. The molecular formula is C8H12BN. The Kier molecular flexibility index (Phi) is 1.27. The van der Waals surface area contributed by atoms with Crippen molar-refractivity contribution in [1.29, 1.82) is 5.26 Å². The second-order valence-corrected chi connectivity index (χ2v) is 3.79. The summed E-state index contributed by atoms with van der Waals surface area (Å²) >= 11 is 0. The summed E-state index contributed by atoms with van der Waals surface area (Å²) in [6.45, 7) is 0.418. The van der Waals surface area contributed by atoms with Crippen molar-refractivity contribution >= 4 is 6.71 Å². The lowest BCUT2D eigenvalue weighted by molar-refractivity contribution is 0.618. The van der Waals surface area contributed by atoms with E-state index < -0.39 is 0 Å². The third-order valence-electron chi connectivity index (χ3n) is 3.20. The van der Waals surface area contributed by atoms with Gasteiger partial charge in [-0.1, -0.05) is 38.4 Å². The average Bonchev–Trinajstić information content (AvgIpc) is 2.71. The van der Waals surface area contributed by atoms with E-state index >= 15 is 0 Å². The Labute approximate surface area is 62.5 Å². The van der Waals surface area contributed by atoms with Crippen molar-refractivity contribution in [3.8, 4) is 5.97 Å². The first kappa shape index (κ1) is 6.28. The first-order valence-electron chi connectivity index (χ1n) is 4.27. The van der Waals surface area contributed by atoms with Gasteiger partial charge in [0, 0.05) is 5.97 Å². The van der Waals surface area contributed by atoms with E-state index in [9.17, 15) is 0 Å². The molecule has 1 aliphatic heterocycles. The Morgan fingerprint density at radius 3 is 2.50 bits per heavy atom. The molecule has 2 rings (SSSR count). The monoisotopic (exact) mass is 133 g/mol. The zero-order chi connectivity index (χ0) is 7.03. The van der Waals surface area contributed by atoms with Crippen LogP contribution in [0.25, 0.3) is 0 Å². The van der Waals surface area contributed by atoms with Gasteiger partial charge in [0.25, 0.3) is 6.71 Å². The highest BCUT2D eigenvalue weighted by Gasteiger charge is 2.52. The summed E-state index contributed by atoms with van der Waals surface area (Å²) in [6.07, 6.45) is 7.86. The van der Waals surface area contributed by atoms with Crippen LogP contribution in [-0.2, 0) is 0 Å². The standard InChI is InChI=1S/C8H12BN/c10-7-9-6-2-1-3-8(9)4-5-8/h1-6H2. The highest BCUT2D eigenvalue weighted by atomic mass is 14.4. The fourth-order valence-electron chi connectivity index (χ4n) is 2.27. The molecule has 1 nitrogen and oxygen atoms in total. The third-order valence-corrected chi connectivity index (χ3v) is 3.20. The van der Waals surface area contributed by atoms with Gasteiger partial charge in [0.05, 0.1) is 0 Å². The van der Waals surface area contributed by atoms with Crippen LogP contribution in [0.15, 0.2) is 0 Å². The van der Waals surface area contributed by atoms with Crippen molar-refractivity contribution in [3.05, 3.63) is 0 Å². The maximum absolute atomic E-state index is 8.82. The molecule has 0 bridgehead atoms. The molecule has 52 valence electrons. The van der Waals surface area contributed by atoms with Gasteiger partial charge in [-0.3, -0.25) is 0 Å². The molecule has 0 N–H and O–H groups in total. The van der Waals surface area contributed by atoms with Crippen molar-refractivity contribution < 1.29 is 0 Å². The predicted octanol–water partition coefficient (Wildman–Crippen LogP) is 2.26.